The summed E-state index contributed by atoms with van der Waals surface area (Å²) in [6.45, 7) is 21.2. The second-order valence-electron chi connectivity index (χ2n) is 12.9. The maximum absolute atomic E-state index is 12.5. The van der Waals surface area contributed by atoms with Crippen molar-refractivity contribution in [2.45, 2.75) is 47.3 Å². The molecule has 5 aromatic rings. The summed E-state index contributed by atoms with van der Waals surface area (Å²) in [5.41, 5.74) is 1.76. The van der Waals surface area contributed by atoms with E-state index in [1.54, 1.807) is 76.2 Å². The Morgan fingerprint density at radius 1 is 0.350 bits per heavy atom. The Balaban J connectivity index is 1.44. The summed E-state index contributed by atoms with van der Waals surface area (Å²) in [7, 11) is 7.26. The maximum atomic E-state index is 12.5. The molecule has 0 saturated heterocycles. The van der Waals surface area contributed by atoms with Gasteiger partial charge in [-0.2, -0.15) is 0 Å². The van der Waals surface area contributed by atoms with Crippen LogP contribution in [0.5, 0.6) is 0 Å². The van der Waals surface area contributed by atoms with Gasteiger partial charge >= 0.3 is 379 Å². The van der Waals surface area contributed by atoms with E-state index in [2.05, 4.69) is 50.6 Å². The summed E-state index contributed by atoms with van der Waals surface area (Å²) in [6.07, 6.45) is 0. The minimum absolute atomic E-state index is 0.327. The Bertz CT molecular complexity index is 2080. The fourth-order valence-electron chi connectivity index (χ4n) is 4.80. The van der Waals surface area contributed by atoms with Crippen molar-refractivity contribution >= 4 is 101 Å². The number of hydrogen-bond donors (Lipinski definition) is 0. The molecule has 8 nitrogen and oxygen atoms in total. The molecule has 0 amide bonds. The predicted molar refractivity (Wildman–Crippen MR) is 247 cm³/mol. The summed E-state index contributed by atoms with van der Waals surface area (Å²) in [5.74, 6) is -0.507. The first-order chi connectivity index (χ1) is 28.6. The Morgan fingerprint density at radius 2 is 0.533 bits per heavy atom. The van der Waals surface area contributed by atoms with Gasteiger partial charge in [0.25, 0.3) is 0 Å². The predicted octanol–water partition coefficient (Wildman–Crippen LogP) is 11.0. The Kier molecular flexibility index (Phi) is 17.8. The topological polar surface area (TPSA) is 105 Å². The van der Waals surface area contributed by atoms with E-state index >= 15 is 0 Å². The van der Waals surface area contributed by atoms with Crippen LogP contribution in [0, 0.1) is 0 Å². The van der Waals surface area contributed by atoms with Crippen LogP contribution < -0.4 is 7.02 Å². The average Bonchev–Trinajstić information content (AvgIpc) is 3.20. The number of benzene rings is 5. The van der Waals surface area contributed by atoms with E-state index in [9.17, 15) is 19.2 Å². The number of allylic oxidation sites excluding steroid dienone is 4. The molecule has 60 heavy (non-hydrogen) atoms. The van der Waals surface area contributed by atoms with Crippen LogP contribution >= 0.6 is 35.4 Å². The number of carbonyl (C=O) groups is 4. The molecule has 0 atom stereocenters. The molecule has 5 aromatic carbocycles. The van der Waals surface area contributed by atoms with Crippen LogP contribution in [0.1, 0.15) is 69.1 Å². The first-order valence-electron chi connectivity index (χ1n) is 18.0. The molecule has 0 heterocycles. The fourth-order valence-corrected chi connectivity index (χ4v) is 36.0. The quantitative estimate of drug-likeness (QED) is 0.0361. The number of ether oxygens (including phenoxy) is 4. The zero-order valence-electron chi connectivity index (χ0n) is 33.2. The zero-order chi connectivity index (χ0) is 43.3. The third kappa shape index (κ3) is 14.6. The van der Waals surface area contributed by atoms with E-state index in [1.807, 2.05) is 83.9 Å². The van der Waals surface area contributed by atoms with Crippen molar-refractivity contribution in [1.82, 2.24) is 0 Å². The normalized spacial score (nSPS) is 10.8. The van der Waals surface area contributed by atoms with Gasteiger partial charge in [-0.3, -0.25) is 0 Å². The number of carbonyl (C=O) groups excluding carboxylic acids is 4. The van der Waals surface area contributed by atoms with Gasteiger partial charge in [-0.05, 0) is 0 Å². The molecule has 0 fully saturated rings. The summed E-state index contributed by atoms with van der Waals surface area (Å²) in [5, 5.41) is 0. The van der Waals surface area contributed by atoms with Crippen molar-refractivity contribution < 1.29 is 38.1 Å². The third-order valence-electron chi connectivity index (χ3n) is 7.45. The van der Waals surface area contributed by atoms with Crippen LogP contribution in [0.2, 0.25) is 0 Å². The van der Waals surface area contributed by atoms with Gasteiger partial charge in [-0.25, -0.2) is 0 Å². The van der Waals surface area contributed by atoms with Gasteiger partial charge < -0.3 is 0 Å². The van der Waals surface area contributed by atoms with Crippen LogP contribution in [0.3, 0.4) is 0 Å². The molecular formula is C46H40O8S4Sb2. The van der Waals surface area contributed by atoms with Crippen LogP contribution in [-0.4, -0.2) is 58.7 Å². The SMILES string of the molecule is C=C(C)OC(=O)c1ccc([S][Sb]([S]c2ccc(C(=O)OC(=C)C)cc2)[c]2cc[c]([Sb]([S]c3ccc(C(=O)OC(=C)C)cc3)[S]c3ccc(C(=O)OC(=C)C)cc3)cc2)cc1. The Morgan fingerprint density at radius 3 is 0.700 bits per heavy atom. The summed E-state index contributed by atoms with van der Waals surface area (Å²) in [6, 6.07) is 38.5. The van der Waals surface area contributed by atoms with E-state index in [1.165, 1.54) is 7.02 Å². The molecule has 0 N–H and O–H groups in total. The molecular weight excluding hydrogens is 1050 g/mol. The standard InChI is InChI=1S/4C10H10O2S.C6H4.2Sb/c4*1-7(2)12-10(11)8-3-5-9(13)6-4-8;1-2-4-6-5-3-1;;/h4*3-6,13H,1H2,2H3;1-2,5-6H;;/q;;;;;2*+2/p-4. The van der Waals surface area contributed by atoms with E-state index in [-0.39, 0.29) is 0 Å². The molecule has 0 unspecified atom stereocenters. The van der Waals surface area contributed by atoms with Gasteiger partial charge in [0.2, 0.25) is 0 Å². The molecule has 306 valence electrons. The second-order valence-corrected chi connectivity index (χ2v) is 40.5. The van der Waals surface area contributed by atoms with Gasteiger partial charge in [0.05, 0.1) is 0 Å². The van der Waals surface area contributed by atoms with Crippen molar-refractivity contribution in [3.63, 3.8) is 0 Å². The van der Waals surface area contributed by atoms with Gasteiger partial charge in [-0.1, -0.05) is 0 Å². The monoisotopic (exact) mass is 1090 g/mol. The van der Waals surface area contributed by atoms with Gasteiger partial charge in [0.1, 0.15) is 0 Å². The van der Waals surface area contributed by atoms with Crippen molar-refractivity contribution in [3.8, 4) is 0 Å². The number of hydrogen-bond acceptors (Lipinski definition) is 12. The molecule has 0 aromatic heterocycles. The minimum atomic E-state index is -2.51. The third-order valence-corrected chi connectivity index (χ3v) is 38.7. The summed E-state index contributed by atoms with van der Waals surface area (Å²) < 4.78 is 23.3. The van der Waals surface area contributed by atoms with E-state index < -0.39 is 58.7 Å². The molecule has 0 spiro atoms. The van der Waals surface area contributed by atoms with Crippen molar-refractivity contribution in [2.75, 3.05) is 0 Å². The zero-order valence-corrected chi connectivity index (χ0v) is 41.5. The van der Waals surface area contributed by atoms with Crippen LogP contribution in [0.25, 0.3) is 0 Å². The van der Waals surface area contributed by atoms with Gasteiger partial charge in [0, 0.05) is 0 Å². The van der Waals surface area contributed by atoms with Gasteiger partial charge in [-0.15, -0.1) is 0 Å². The average molecular weight is 1090 g/mol. The van der Waals surface area contributed by atoms with Crippen molar-refractivity contribution in [3.05, 3.63) is 193 Å². The van der Waals surface area contributed by atoms with Gasteiger partial charge in [0.15, 0.2) is 0 Å². The Hall–Kier alpha value is -4.02. The fraction of sp³-hybridized carbons (Fsp3) is 0.0870. The van der Waals surface area contributed by atoms with Crippen molar-refractivity contribution in [1.29, 1.82) is 0 Å². The van der Waals surface area contributed by atoms with Crippen LogP contribution in [0.4, 0.5) is 0 Å². The first-order valence-corrected chi connectivity index (χ1v) is 36.1. The molecule has 0 aliphatic heterocycles. The first kappa shape index (κ1) is 47.0. The van der Waals surface area contributed by atoms with Crippen molar-refractivity contribution in [2.24, 2.45) is 0 Å². The van der Waals surface area contributed by atoms with E-state index in [0.717, 1.165) is 19.6 Å². The van der Waals surface area contributed by atoms with E-state index in [0.29, 0.717) is 45.3 Å². The Labute approximate surface area is 375 Å². The number of rotatable bonds is 18. The molecule has 0 aliphatic rings. The number of esters is 4. The summed E-state index contributed by atoms with van der Waals surface area (Å²) in [4.78, 5) is 54.1. The molecule has 14 heteroatoms. The molecule has 0 bridgehead atoms. The summed E-state index contributed by atoms with van der Waals surface area (Å²) >= 11 is -5.03. The van der Waals surface area contributed by atoms with E-state index in [4.69, 9.17) is 18.9 Å². The van der Waals surface area contributed by atoms with Crippen LogP contribution in [-0.2, 0) is 18.9 Å². The molecule has 0 aliphatic carbocycles. The molecule has 5 rings (SSSR count). The van der Waals surface area contributed by atoms with Crippen LogP contribution in [0.15, 0.2) is 190 Å². The molecule has 0 saturated carbocycles. The molecule has 0 radical (unpaired) electrons. The second kappa shape index (κ2) is 22.7.